The molecule has 7 heteroatoms. The van der Waals surface area contributed by atoms with Crippen LogP contribution in [0.1, 0.15) is 56.9 Å². The monoisotopic (exact) mass is 429 g/mol. The number of imide groups is 1. The second kappa shape index (κ2) is 12.8. The summed E-state index contributed by atoms with van der Waals surface area (Å²) in [6.07, 6.45) is 8.70. The Morgan fingerprint density at radius 1 is 0.903 bits per heavy atom. The van der Waals surface area contributed by atoms with Crippen LogP contribution in [0.15, 0.2) is 24.3 Å². The van der Waals surface area contributed by atoms with Gasteiger partial charge in [-0.2, -0.15) is 0 Å². The summed E-state index contributed by atoms with van der Waals surface area (Å²) in [6.45, 7) is 7.57. The van der Waals surface area contributed by atoms with E-state index in [0.717, 1.165) is 45.0 Å². The third-order valence-electron chi connectivity index (χ3n) is 6.33. The number of unbranched alkanes of at least 4 members (excludes halogenated alkanes) is 5. The van der Waals surface area contributed by atoms with Gasteiger partial charge in [-0.05, 0) is 50.0 Å². The van der Waals surface area contributed by atoms with Gasteiger partial charge in [0.1, 0.15) is 6.04 Å². The molecule has 0 saturated carbocycles. The van der Waals surface area contributed by atoms with Gasteiger partial charge in [-0.1, -0.05) is 37.8 Å². The predicted molar refractivity (Wildman–Crippen MR) is 125 cm³/mol. The maximum absolute atomic E-state index is 11.9. The quantitative estimate of drug-likeness (QED) is 0.349. The van der Waals surface area contributed by atoms with Crippen molar-refractivity contribution in [1.82, 2.24) is 15.1 Å². The van der Waals surface area contributed by atoms with E-state index < -0.39 is 0 Å². The standard InChI is InChI=1S/C24H39N5O2/c25-13-5-3-1-2-4-6-14-28-15-17-29(18-16-28)19-20-7-9-21(10-8-20)26-22-11-12-23(30)27-24(22)31/h7-10,22,26H,1-6,11-19,25H2,(H,27,30,31). The molecule has 2 amide bonds. The Bertz CT molecular complexity index is 686. The molecule has 2 heterocycles. The third kappa shape index (κ3) is 8.24. The fourth-order valence-corrected chi connectivity index (χ4v) is 4.35. The summed E-state index contributed by atoms with van der Waals surface area (Å²) in [4.78, 5) is 28.3. The highest BCUT2D eigenvalue weighted by Crippen LogP contribution is 2.17. The molecule has 0 bridgehead atoms. The number of hydrogen-bond acceptors (Lipinski definition) is 6. The fraction of sp³-hybridized carbons (Fsp3) is 0.667. The first-order valence-corrected chi connectivity index (χ1v) is 12.0. The average Bonchev–Trinajstić information content (AvgIpc) is 2.77. The first-order valence-electron chi connectivity index (χ1n) is 12.0. The number of benzene rings is 1. The van der Waals surface area contributed by atoms with Crippen molar-refractivity contribution in [3.05, 3.63) is 29.8 Å². The van der Waals surface area contributed by atoms with Gasteiger partial charge in [-0.25, -0.2) is 0 Å². The number of nitrogens with two attached hydrogens (primary N) is 1. The number of carbonyl (C=O) groups is 2. The molecule has 0 aromatic heterocycles. The minimum absolute atomic E-state index is 0.183. The van der Waals surface area contributed by atoms with E-state index in [1.54, 1.807) is 0 Å². The molecule has 1 aromatic rings. The maximum Gasteiger partial charge on any atom is 0.249 e. The molecular formula is C24H39N5O2. The molecule has 31 heavy (non-hydrogen) atoms. The normalized spacial score (nSPS) is 20.6. The van der Waals surface area contributed by atoms with E-state index >= 15 is 0 Å². The summed E-state index contributed by atoms with van der Waals surface area (Å²) in [5, 5.41) is 5.63. The summed E-state index contributed by atoms with van der Waals surface area (Å²) in [6, 6.07) is 7.99. The molecule has 3 rings (SSSR count). The van der Waals surface area contributed by atoms with Gasteiger partial charge in [-0.3, -0.25) is 19.8 Å². The number of hydrogen-bond donors (Lipinski definition) is 3. The highest BCUT2D eigenvalue weighted by molar-refractivity contribution is 6.01. The van der Waals surface area contributed by atoms with Gasteiger partial charge in [0.2, 0.25) is 11.8 Å². The van der Waals surface area contributed by atoms with Crippen LogP contribution in [0.4, 0.5) is 5.69 Å². The highest BCUT2D eigenvalue weighted by atomic mass is 16.2. The van der Waals surface area contributed by atoms with E-state index in [2.05, 4.69) is 32.6 Å². The second-order valence-electron chi connectivity index (χ2n) is 8.87. The van der Waals surface area contributed by atoms with Crippen molar-refractivity contribution in [1.29, 1.82) is 0 Å². The topological polar surface area (TPSA) is 90.7 Å². The first-order chi connectivity index (χ1) is 15.1. The smallest absolute Gasteiger partial charge is 0.249 e. The Balaban J connectivity index is 1.30. The largest absolute Gasteiger partial charge is 0.374 e. The van der Waals surface area contributed by atoms with Crippen molar-refractivity contribution in [2.75, 3.05) is 44.6 Å². The van der Waals surface area contributed by atoms with Gasteiger partial charge in [0.05, 0.1) is 0 Å². The SMILES string of the molecule is NCCCCCCCCN1CCN(Cc2ccc(NC3CCC(=O)NC3=O)cc2)CC1. The van der Waals surface area contributed by atoms with Crippen molar-refractivity contribution in [2.45, 2.75) is 64.0 Å². The Labute approximate surface area is 186 Å². The number of piperidine rings is 1. The first kappa shape index (κ1) is 23.7. The van der Waals surface area contributed by atoms with Crippen LogP contribution >= 0.6 is 0 Å². The molecule has 172 valence electrons. The van der Waals surface area contributed by atoms with Gasteiger partial charge in [0, 0.05) is 44.8 Å². The molecule has 1 aromatic carbocycles. The van der Waals surface area contributed by atoms with Crippen molar-refractivity contribution < 1.29 is 9.59 Å². The van der Waals surface area contributed by atoms with Crippen molar-refractivity contribution in [3.8, 4) is 0 Å². The number of carbonyl (C=O) groups excluding carboxylic acids is 2. The number of piperazine rings is 1. The summed E-state index contributed by atoms with van der Waals surface area (Å²) < 4.78 is 0. The van der Waals surface area contributed by atoms with Crippen molar-refractivity contribution in [3.63, 3.8) is 0 Å². The average molecular weight is 430 g/mol. The van der Waals surface area contributed by atoms with Crippen LogP contribution in [0.2, 0.25) is 0 Å². The van der Waals surface area contributed by atoms with E-state index in [-0.39, 0.29) is 17.9 Å². The van der Waals surface area contributed by atoms with Crippen LogP contribution in [-0.4, -0.2) is 66.9 Å². The fourth-order valence-electron chi connectivity index (χ4n) is 4.35. The van der Waals surface area contributed by atoms with Crippen LogP contribution in [-0.2, 0) is 16.1 Å². The Morgan fingerprint density at radius 3 is 2.23 bits per heavy atom. The van der Waals surface area contributed by atoms with Crippen LogP contribution in [0.25, 0.3) is 0 Å². The molecule has 1 atom stereocenters. The van der Waals surface area contributed by atoms with Gasteiger partial charge >= 0.3 is 0 Å². The second-order valence-corrected chi connectivity index (χ2v) is 8.87. The van der Waals surface area contributed by atoms with E-state index in [1.807, 2.05) is 12.1 Å². The van der Waals surface area contributed by atoms with E-state index in [0.29, 0.717) is 12.8 Å². The lowest BCUT2D eigenvalue weighted by Crippen LogP contribution is -2.47. The van der Waals surface area contributed by atoms with Crippen LogP contribution in [0.5, 0.6) is 0 Å². The van der Waals surface area contributed by atoms with E-state index in [9.17, 15) is 9.59 Å². The van der Waals surface area contributed by atoms with Crippen molar-refractivity contribution in [2.24, 2.45) is 5.73 Å². The Morgan fingerprint density at radius 2 is 1.55 bits per heavy atom. The number of nitrogens with zero attached hydrogens (tertiary/aromatic N) is 2. The molecule has 2 saturated heterocycles. The summed E-state index contributed by atoms with van der Waals surface area (Å²) in [5.74, 6) is -0.415. The number of rotatable bonds is 12. The summed E-state index contributed by atoms with van der Waals surface area (Å²) in [7, 11) is 0. The molecule has 7 nitrogen and oxygen atoms in total. The number of nitrogens with one attached hydrogen (secondary N) is 2. The zero-order valence-corrected chi connectivity index (χ0v) is 18.8. The Hall–Kier alpha value is -1.96. The molecule has 4 N–H and O–H groups in total. The molecule has 2 aliphatic heterocycles. The summed E-state index contributed by atoms with van der Waals surface area (Å²) >= 11 is 0. The molecule has 2 aliphatic rings. The molecule has 0 radical (unpaired) electrons. The van der Waals surface area contributed by atoms with Crippen LogP contribution < -0.4 is 16.4 Å². The lowest BCUT2D eigenvalue weighted by molar-refractivity contribution is -0.133. The third-order valence-corrected chi connectivity index (χ3v) is 6.33. The lowest BCUT2D eigenvalue weighted by Gasteiger charge is -2.34. The van der Waals surface area contributed by atoms with E-state index in [4.69, 9.17) is 5.73 Å². The minimum atomic E-state index is -0.331. The van der Waals surface area contributed by atoms with Gasteiger partial charge in [0.15, 0.2) is 0 Å². The Kier molecular flexibility index (Phi) is 9.78. The van der Waals surface area contributed by atoms with Gasteiger partial charge in [0.25, 0.3) is 0 Å². The number of anilines is 1. The zero-order chi connectivity index (χ0) is 21.9. The maximum atomic E-state index is 11.9. The zero-order valence-electron chi connectivity index (χ0n) is 18.8. The molecule has 0 aliphatic carbocycles. The molecule has 0 spiro atoms. The predicted octanol–water partition coefficient (Wildman–Crippen LogP) is 2.32. The number of amides is 2. The molecule has 2 fully saturated rings. The minimum Gasteiger partial charge on any atom is -0.374 e. The van der Waals surface area contributed by atoms with Crippen LogP contribution in [0.3, 0.4) is 0 Å². The van der Waals surface area contributed by atoms with Gasteiger partial charge in [-0.15, -0.1) is 0 Å². The van der Waals surface area contributed by atoms with Gasteiger partial charge < -0.3 is 16.0 Å². The molecule has 1 unspecified atom stereocenters. The van der Waals surface area contributed by atoms with E-state index in [1.165, 1.54) is 50.6 Å². The van der Waals surface area contributed by atoms with Crippen LogP contribution in [0, 0.1) is 0 Å². The van der Waals surface area contributed by atoms with Crippen molar-refractivity contribution >= 4 is 17.5 Å². The molecular weight excluding hydrogens is 390 g/mol. The lowest BCUT2D eigenvalue weighted by atomic mass is 10.1. The highest BCUT2D eigenvalue weighted by Gasteiger charge is 2.26. The summed E-state index contributed by atoms with van der Waals surface area (Å²) in [5.41, 5.74) is 7.75.